The maximum absolute atomic E-state index is 13.9. The molecule has 2 heterocycles. The molecule has 0 aliphatic rings. The van der Waals surface area contributed by atoms with Crippen LogP contribution in [0, 0.1) is 5.82 Å². The van der Waals surface area contributed by atoms with Crippen LogP contribution < -0.4 is 10.9 Å². The van der Waals surface area contributed by atoms with Crippen molar-refractivity contribution in [1.29, 1.82) is 0 Å². The Labute approximate surface area is 156 Å². The van der Waals surface area contributed by atoms with Crippen LogP contribution in [0.3, 0.4) is 0 Å². The highest BCUT2D eigenvalue weighted by Gasteiger charge is 2.12. The molecular weight excluding hydrogens is 367 g/mol. The van der Waals surface area contributed by atoms with Crippen LogP contribution >= 0.6 is 11.3 Å². The van der Waals surface area contributed by atoms with Gasteiger partial charge in [-0.2, -0.15) is 5.10 Å². The van der Waals surface area contributed by atoms with E-state index in [1.165, 1.54) is 29.5 Å². The van der Waals surface area contributed by atoms with Crippen LogP contribution in [-0.2, 0) is 11.3 Å². The van der Waals surface area contributed by atoms with Gasteiger partial charge in [-0.15, -0.1) is 0 Å². The molecular formula is C19H13FN4O2S. The second-order valence-electron chi connectivity index (χ2n) is 5.73. The lowest BCUT2D eigenvalue weighted by molar-refractivity contribution is -0.117. The Bertz CT molecular complexity index is 1170. The summed E-state index contributed by atoms with van der Waals surface area (Å²) in [6, 6.07) is 16.3. The minimum atomic E-state index is -0.450. The highest BCUT2D eigenvalue weighted by atomic mass is 32.1. The smallest absolute Gasteiger partial charge is 0.267 e. The van der Waals surface area contributed by atoms with Gasteiger partial charge in [-0.1, -0.05) is 35.6 Å². The molecule has 2 aromatic heterocycles. The Morgan fingerprint density at radius 3 is 2.67 bits per heavy atom. The zero-order valence-corrected chi connectivity index (χ0v) is 14.7. The number of benzene rings is 2. The van der Waals surface area contributed by atoms with Gasteiger partial charge >= 0.3 is 0 Å². The van der Waals surface area contributed by atoms with Gasteiger partial charge in [-0.3, -0.25) is 9.59 Å². The molecule has 0 bridgehead atoms. The second kappa shape index (κ2) is 7.08. The lowest BCUT2D eigenvalue weighted by Gasteiger charge is -2.07. The van der Waals surface area contributed by atoms with Gasteiger partial charge in [-0.25, -0.2) is 14.1 Å². The van der Waals surface area contributed by atoms with Crippen molar-refractivity contribution in [3.8, 4) is 11.3 Å². The number of carbonyl (C=O) groups is 1. The molecule has 4 aromatic rings. The largest absolute Gasteiger partial charge is 0.300 e. The maximum atomic E-state index is 13.9. The van der Waals surface area contributed by atoms with Crippen LogP contribution in [0.1, 0.15) is 0 Å². The number of nitrogens with zero attached hydrogens (tertiary/aromatic N) is 3. The summed E-state index contributed by atoms with van der Waals surface area (Å²) in [5.41, 5.74) is 0.877. The van der Waals surface area contributed by atoms with Gasteiger partial charge in [0, 0.05) is 11.6 Å². The van der Waals surface area contributed by atoms with E-state index in [1.54, 1.807) is 18.2 Å². The second-order valence-corrected chi connectivity index (χ2v) is 6.76. The molecule has 4 rings (SSSR count). The van der Waals surface area contributed by atoms with Gasteiger partial charge in [0.15, 0.2) is 5.13 Å². The maximum Gasteiger partial charge on any atom is 0.267 e. The Hall–Kier alpha value is -3.39. The van der Waals surface area contributed by atoms with E-state index in [9.17, 15) is 14.0 Å². The quantitative estimate of drug-likeness (QED) is 0.589. The summed E-state index contributed by atoms with van der Waals surface area (Å²) in [7, 11) is 0. The van der Waals surface area contributed by atoms with Crippen LogP contribution in [0.5, 0.6) is 0 Å². The van der Waals surface area contributed by atoms with Crippen molar-refractivity contribution < 1.29 is 9.18 Å². The van der Waals surface area contributed by atoms with Crippen LogP contribution in [0.15, 0.2) is 65.5 Å². The van der Waals surface area contributed by atoms with Gasteiger partial charge in [0.2, 0.25) is 5.91 Å². The van der Waals surface area contributed by atoms with Crippen LogP contribution in [0.4, 0.5) is 9.52 Å². The molecule has 0 unspecified atom stereocenters. The third-order valence-corrected chi connectivity index (χ3v) is 4.80. The molecule has 0 saturated heterocycles. The molecule has 0 aliphatic carbocycles. The zero-order valence-electron chi connectivity index (χ0n) is 13.9. The molecule has 0 aliphatic heterocycles. The van der Waals surface area contributed by atoms with Crippen molar-refractivity contribution in [1.82, 2.24) is 14.8 Å². The van der Waals surface area contributed by atoms with Crippen molar-refractivity contribution in [2.75, 3.05) is 5.32 Å². The molecule has 2 aromatic carbocycles. The molecule has 134 valence electrons. The number of aromatic nitrogens is 3. The van der Waals surface area contributed by atoms with E-state index in [1.807, 2.05) is 24.3 Å². The highest BCUT2D eigenvalue weighted by molar-refractivity contribution is 7.22. The molecule has 0 fully saturated rings. The number of hydrogen-bond acceptors (Lipinski definition) is 5. The summed E-state index contributed by atoms with van der Waals surface area (Å²) in [6.45, 7) is -0.295. The van der Waals surface area contributed by atoms with Crippen LogP contribution in [0.25, 0.3) is 21.5 Å². The Balaban J connectivity index is 1.56. The number of nitrogens with one attached hydrogen (secondary N) is 1. The van der Waals surface area contributed by atoms with Gasteiger partial charge in [0.1, 0.15) is 12.4 Å². The van der Waals surface area contributed by atoms with E-state index in [4.69, 9.17) is 0 Å². The molecule has 1 amide bonds. The summed E-state index contributed by atoms with van der Waals surface area (Å²) >= 11 is 1.34. The van der Waals surface area contributed by atoms with Crippen LogP contribution in [-0.4, -0.2) is 20.7 Å². The zero-order chi connectivity index (χ0) is 18.8. The molecule has 0 radical (unpaired) electrons. The summed E-state index contributed by atoms with van der Waals surface area (Å²) in [5, 5.41) is 7.23. The molecule has 1 N–H and O–H groups in total. The first-order valence-corrected chi connectivity index (χ1v) is 8.90. The lowest BCUT2D eigenvalue weighted by Crippen LogP contribution is -2.29. The van der Waals surface area contributed by atoms with Gasteiger partial charge in [-0.05, 0) is 30.3 Å². The minimum Gasteiger partial charge on any atom is -0.300 e. The number of amides is 1. The molecule has 6 nitrogen and oxygen atoms in total. The third-order valence-electron chi connectivity index (χ3n) is 3.85. The first-order valence-electron chi connectivity index (χ1n) is 8.09. The summed E-state index contributed by atoms with van der Waals surface area (Å²) in [5.74, 6) is -0.886. The first-order chi connectivity index (χ1) is 13.1. The van der Waals surface area contributed by atoms with Crippen molar-refractivity contribution in [3.05, 3.63) is 76.8 Å². The molecule has 8 heteroatoms. The fraction of sp³-hybridized carbons (Fsp3) is 0.0526. The predicted molar refractivity (Wildman–Crippen MR) is 102 cm³/mol. The number of fused-ring (bicyclic) bond motifs is 1. The lowest BCUT2D eigenvalue weighted by atomic mass is 10.1. The Kier molecular flexibility index (Phi) is 4.47. The molecule has 27 heavy (non-hydrogen) atoms. The fourth-order valence-electron chi connectivity index (χ4n) is 2.60. The molecule has 0 saturated carbocycles. The summed E-state index contributed by atoms with van der Waals surface area (Å²) in [6.07, 6.45) is 0. The number of para-hydroxylation sites is 1. The van der Waals surface area contributed by atoms with E-state index < -0.39 is 17.3 Å². The Morgan fingerprint density at radius 1 is 1.07 bits per heavy atom. The Morgan fingerprint density at radius 2 is 1.85 bits per heavy atom. The predicted octanol–water partition coefficient (Wildman–Crippen LogP) is 3.30. The van der Waals surface area contributed by atoms with E-state index in [0.717, 1.165) is 14.9 Å². The monoisotopic (exact) mass is 380 g/mol. The highest BCUT2D eigenvalue weighted by Crippen LogP contribution is 2.25. The number of thiazole rings is 1. The molecule has 0 spiro atoms. The fourth-order valence-corrected chi connectivity index (χ4v) is 3.48. The van der Waals surface area contributed by atoms with Gasteiger partial charge in [0.05, 0.1) is 15.9 Å². The first kappa shape index (κ1) is 17.0. The topological polar surface area (TPSA) is 76.9 Å². The summed E-state index contributed by atoms with van der Waals surface area (Å²) in [4.78, 5) is 28.7. The van der Waals surface area contributed by atoms with Crippen molar-refractivity contribution in [2.45, 2.75) is 6.54 Å². The van der Waals surface area contributed by atoms with Gasteiger partial charge in [0.25, 0.3) is 5.56 Å². The van der Waals surface area contributed by atoms with Crippen molar-refractivity contribution in [3.63, 3.8) is 0 Å². The van der Waals surface area contributed by atoms with E-state index in [2.05, 4.69) is 15.4 Å². The SMILES string of the molecule is O=C(Cn1nc(-c2ccccc2F)ccc1=O)Nc1nc2ccccc2s1. The summed E-state index contributed by atoms with van der Waals surface area (Å²) < 4.78 is 15.9. The van der Waals surface area contributed by atoms with E-state index in [-0.39, 0.29) is 17.8 Å². The third kappa shape index (κ3) is 3.61. The van der Waals surface area contributed by atoms with Crippen LogP contribution in [0.2, 0.25) is 0 Å². The minimum absolute atomic E-state index is 0.262. The molecule has 0 atom stereocenters. The van der Waals surface area contributed by atoms with E-state index in [0.29, 0.717) is 5.13 Å². The average Bonchev–Trinajstić information content (AvgIpc) is 3.06. The standard InChI is InChI=1S/C19H13FN4O2S/c20-13-6-2-1-5-12(13)14-9-10-18(26)24(23-14)11-17(25)22-19-21-15-7-3-4-8-16(15)27-19/h1-10H,11H2,(H,21,22,25). The number of rotatable bonds is 4. The average molecular weight is 380 g/mol. The number of halogens is 1. The normalized spacial score (nSPS) is 10.9. The van der Waals surface area contributed by atoms with E-state index >= 15 is 0 Å². The number of carbonyl (C=O) groups excluding carboxylic acids is 1. The van der Waals surface area contributed by atoms with Crippen molar-refractivity contribution in [2.24, 2.45) is 0 Å². The van der Waals surface area contributed by atoms with Gasteiger partial charge < -0.3 is 5.32 Å². The number of anilines is 1. The van der Waals surface area contributed by atoms with Crippen molar-refractivity contribution >= 4 is 32.6 Å². The number of hydrogen-bond donors (Lipinski definition) is 1.